The first-order valence-electron chi connectivity index (χ1n) is 10.7. The molecule has 1 N–H and O–H groups in total. The summed E-state index contributed by atoms with van der Waals surface area (Å²) in [6, 6.07) is 7.37. The van der Waals surface area contributed by atoms with Crippen LogP contribution in [0.5, 0.6) is 0 Å². The Hall–Kier alpha value is -3.14. The molecule has 0 bridgehead atoms. The van der Waals surface area contributed by atoms with Crippen LogP contribution in [0.4, 0.5) is 5.69 Å². The van der Waals surface area contributed by atoms with Crippen molar-refractivity contribution in [1.82, 2.24) is 4.90 Å². The van der Waals surface area contributed by atoms with Gasteiger partial charge in [-0.15, -0.1) is 0 Å². The molecule has 1 aliphatic rings. The number of rotatable bonds is 8. The van der Waals surface area contributed by atoms with E-state index in [9.17, 15) is 22.8 Å². The van der Waals surface area contributed by atoms with Crippen molar-refractivity contribution >= 4 is 33.3 Å². The number of furan rings is 1. The number of nitrogens with zero attached hydrogens (tertiary/aromatic N) is 1. The molecule has 9 nitrogen and oxygen atoms in total. The third-order valence-corrected chi connectivity index (χ3v) is 7.07. The van der Waals surface area contributed by atoms with Crippen LogP contribution in [0.1, 0.15) is 46.7 Å². The number of anilines is 1. The zero-order valence-electron chi connectivity index (χ0n) is 18.9. The average Bonchev–Trinajstić information content (AvgIpc) is 3.41. The van der Waals surface area contributed by atoms with Crippen LogP contribution in [-0.2, 0) is 19.4 Å². The molecule has 33 heavy (non-hydrogen) atoms. The van der Waals surface area contributed by atoms with E-state index in [1.54, 1.807) is 25.1 Å². The van der Waals surface area contributed by atoms with Crippen LogP contribution < -0.4 is 5.32 Å². The molecule has 0 aliphatic carbocycles. The summed E-state index contributed by atoms with van der Waals surface area (Å²) in [6.45, 7) is 5.52. The monoisotopic (exact) mass is 476 g/mol. The van der Waals surface area contributed by atoms with Gasteiger partial charge in [0.1, 0.15) is 0 Å². The summed E-state index contributed by atoms with van der Waals surface area (Å²) in [5.74, 6) is -1.37. The van der Waals surface area contributed by atoms with Gasteiger partial charge in [0.15, 0.2) is 22.2 Å². The molecular formula is C23H28N2O7S. The number of benzene rings is 1. The number of carbonyl (C=O) groups is 3. The average molecular weight is 477 g/mol. The molecule has 0 unspecified atom stereocenters. The summed E-state index contributed by atoms with van der Waals surface area (Å²) >= 11 is 0. The number of sulfone groups is 1. The van der Waals surface area contributed by atoms with Crippen molar-refractivity contribution in [3.8, 4) is 0 Å². The van der Waals surface area contributed by atoms with Gasteiger partial charge in [0.05, 0.1) is 23.3 Å². The maximum absolute atomic E-state index is 12.8. The van der Waals surface area contributed by atoms with Gasteiger partial charge in [-0.2, -0.15) is 0 Å². The van der Waals surface area contributed by atoms with E-state index >= 15 is 0 Å². The summed E-state index contributed by atoms with van der Waals surface area (Å²) in [4.78, 5) is 39.1. The van der Waals surface area contributed by atoms with E-state index < -0.39 is 40.3 Å². The zero-order chi connectivity index (χ0) is 24.2. The minimum Gasteiger partial charge on any atom is -0.459 e. The molecule has 178 valence electrons. The number of ether oxygens (including phenoxy) is 1. The highest BCUT2D eigenvalue weighted by atomic mass is 32.2. The molecule has 1 saturated heterocycles. The third-order valence-electron chi connectivity index (χ3n) is 5.32. The van der Waals surface area contributed by atoms with Gasteiger partial charge in [0.25, 0.3) is 11.8 Å². The molecule has 2 heterocycles. The van der Waals surface area contributed by atoms with Gasteiger partial charge in [-0.05, 0) is 49.1 Å². The zero-order valence-corrected chi connectivity index (χ0v) is 19.7. The Bertz CT molecular complexity index is 1120. The molecule has 2 aromatic rings. The molecule has 1 atom stereocenters. The molecular weight excluding hydrogens is 448 g/mol. The molecule has 0 saturated carbocycles. The minimum atomic E-state index is -3.16. The first kappa shape index (κ1) is 24.5. The lowest BCUT2D eigenvalue weighted by molar-refractivity contribution is -0.137. The number of aryl methyl sites for hydroxylation is 1. The lowest BCUT2D eigenvalue weighted by atomic mass is 10.1. The Balaban J connectivity index is 1.65. The second kappa shape index (κ2) is 10.2. The van der Waals surface area contributed by atoms with Crippen molar-refractivity contribution in [2.45, 2.75) is 33.2 Å². The topological polar surface area (TPSA) is 123 Å². The highest BCUT2D eigenvalue weighted by molar-refractivity contribution is 7.91. The lowest BCUT2D eigenvalue weighted by Crippen LogP contribution is -2.45. The van der Waals surface area contributed by atoms with Crippen molar-refractivity contribution in [3.63, 3.8) is 0 Å². The smallest absolute Gasteiger partial charge is 0.338 e. The van der Waals surface area contributed by atoms with E-state index in [2.05, 4.69) is 5.32 Å². The Morgan fingerprint density at radius 1 is 1.24 bits per heavy atom. The lowest BCUT2D eigenvalue weighted by Gasteiger charge is -2.29. The molecule has 1 aliphatic heterocycles. The normalized spacial score (nSPS) is 17.0. The van der Waals surface area contributed by atoms with Crippen LogP contribution in [0, 0.1) is 12.8 Å². The number of esters is 1. The molecule has 1 aromatic carbocycles. The molecule has 0 radical (unpaired) electrons. The fraction of sp³-hybridized carbons (Fsp3) is 0.435. The standard InChI is InChI=1S/C23H28N2O7S/c1-15(2)12-25(18-8-10-33(29,30)14-18)21(26)13-32-23(28)17-7-6-16(3)19(11-17)24-22(27)20-5-4-9-31-20/h4-7,9,11,15,18H,8,10,12-14H2,1-3H3,(H,24,27)/t18-/m0/s1. The Labute approximate surface area is 193 Å². The van der Waals surface area contributed by atoms with Gasteiger partial charge < -0.3 is 19.4 Å². The van der Waals surface area contributed by atoms with Gasteiger partial charge in [0, 0.05) is 18.3 Å². The van der Waals surface area contributed by atoms with Crippen LogP contribution in [0.25, 0.3) is 0 Å². The highest BCUT2D eigenvalue weighted by Crippen LogP contribution is 2.21. The Kier molecular flexibility index (Phi) is 7.57. The predicted molar refractivity (Wildman–Crippen MR) is 122 cm³/mol. The maximum atomic E-state index is 12.8. The second-order valence-electron chi connectivity index (χ2n) is 8.53. The molecule has 3 rings (SSSR count). The van der Waals surface area contributed by atoms with Crippen molar-refractivity contribution in [3.05, 3.63) is 53.5 Å². The first-order valence-corrected chi connectivity index (χ1v) is 12.5. The van der Waals surface area contributed by atoms with Crippen molar-refractivity contribution in [1.29, 1.82) is 0 Å². The summed E-state index contributed by atoms with van der Waals surface area (Å²) in [5.41, 5.74) is 1.31. The van der Waals surface area contributed by atoms with E-state index in [4.69, 9.17) is 9.15 Å². The number of carbonyl (C=O) groups excluding carboxylic acids is 3. The quantitative estimate of drug-likeness (QED) is 0.581. The van der Waals surface area contributed by atoms with Crippen LogP contribution in [-0.4, -0.2) is 61.8 Å². The van der Waals surface area contributed by atoms with Gasteiger partial charge >= 0.3 is 5.97 Å². The summed E-state index contributed by atoms with van der Waals surface area (Å²) in [7, 11) is -3.16. The van der Waals surface area contributed by atoms with E-state index in [1.807, 2.05) is 13.8 Å². The summed E-state index contributed by atoms with van der Waals surface area (Å²) in [5, 5.41) is 2.68. The van der Waals surface area contributed by atoms with Crippen LogP contribution in [0.15, 0.2) is 41.0 Å². The number of hydrogen-bond donors (Lipinski definition) is 1. The first-order chi connectivity index (χ1) is 15.6. The summed E-state index contributed by atoms with van der Waals surface area (Å²) < 4.78 is 34.0. The van der Waals surface area contributed by atoms with Gasteiger partial charge in [0.2, 0.25) is 0 Å². The van der Waals surface area contributed by atoms with Crippen molar-refractivity contribution in [2.75, 3.05) is 30.0 Å². The largest absolute Gasteiger partial charge is 0.459 e. The minimum absolute atomic E-state index is 0.0508. The second-order valence-corrected chi connectivity index (χ2v) is 10.8. The fourth-order valence-corrected chi connectivity index (χ4v) is 5.37. The SMILES string of the molecule is Cc1ccc(C(=O)OCC(=O)N(CC(C)C)[C@H]2CCS(=O)(=O)C2)cc1NC(=O)c1ccco1. The van der Waals surface area contributed by atoms with Gasteiger partial charge in [-0.1, -0.05) is 19.9 Å². The third kappa shape index (κ3) is 6.44. The Morgan fingerprint density at radius 3 is 2.61 bits per heavy atom. The van der Waals surface area contributed by atoms with Gasteiger partial charge in [-0.3, -0.25) is 9.59 Å². The molecule has 1 aromatic heterocycles. The van der Waals surface area contributed by atoms with Crippen molar-refractivity contribution < 1.29 is 32.0 Å². The van der Waals surface area contributed by atoms with E-state index in [1.165, 1.54) is 23.3 Å². The molecule has 1 fully saturated rings. The predicted octanol–water partition coefficient (Wildman–Crippen LogP) is 2.67. The summed E-state index contributed by atoms with van der Waals surface area (Å²) in [6.07, 6.45) is 1.77. The van der Waals surface area contributed by atoms with E-state index in [0.29, 0.717) is 18.7 Å². The van der Waals surface area contributed by atoms with E-state index in [0.717, 1.165) is 5.56 Å². The van der Waals surface area contributed by atoms with Gasteiger partial charge in [-0.25, -0.2) is 13.2 Å². The molecule has 2 amide bonds. The molecule has 10 heteroatoms. The van der Waals surface area contributed by atoms with Crippen LogP contribution in [0.2, 0.25) is 0 Å². The number of amides is 2. The Morgan fingerprint density at radius 2 is 2.00 bits per heavy atom. The fourth-order valence-electron chi connectivity index (χ4n) is 3.64. The highest BCUT2D eigenvalue weighted by Gasteiger charge is 2.35. The molecule has 0 spiro atoms. The number of hydrogen-bond acceptors (Lipinski definition) is 7. The number of nitrogens with one attached hydrogen (secondary N) is 1. The van der Waals surface area contributed by atoms with Crippen molar-refractivity contribution in [2.24, 2.45) is 5.92 Å². The van der Waals surface area contributed by atoms with Crippen LogP contribution >= 0.6 is 0 Å². The van der Waals surface area contributed by atoms with E-state index in [-0.39, 0.29) is 28.7 Å². The maximum Gasteiger partial charge on any atom is 0.338 e. The van der Waals surface area contributed by atoms with Crippen LogP contribution in [0.3, 0.4) is 0 Å².